The lowest BCUT2D eigenvalue weighted by molar-refractivity contribution is 0.119. The molecule has 2 aliphatic rings. The molecular weight excluding hydrogens is 160 g/mol. The van der Waals surface area contributed by atoms with Crippen LogP contribution in [0.25, 0.3) is 0 Å². The Morgan fingerprint density at radius 2 is 1.69 bits per heavy atom. The molecule has 3 atom stereocenters. The molecule has 0 bridgehead atoms. The molecule has 0 aromatic carbocycles. The van der Waals surface area contributed by atoms with E-state index in [0.717, 1.165) is 12.0 Å². The van der Waals surface area contributed by atoms with Gasteiger partial charge in [-0.1, -0.05) is 0 Å². The highest BCUT2D eigenvalue weighted by atomic mass is 15.2. The summed E-state index contributed by atoms with van der Waals surface area (Å²) in [6.45, 7) is 9.47. The van der Waals surface area contributed by atoms with E-state index in [2.05, 4.69) is 31.0 Å². The van der Waals surface area contributed by atoms with Gasteiger partial charge in [-0.25, -0.2) is 0 Å². The first-order valence-corrected chi connectivity index (χ1v) is 5.67. The molecule has 13 heavy (non-hydrogen) atoms. The van der Waals surface area contributed by atoms with Crippen LogP contribution in [0.15, 0.2) is 0 Å². The molecule has 1 aliphatic heterocycles. The van der Waals surface area contributed by atoms with Crippen LogP contribution >= 0.6 is 0 Å². The zero-order chi connectivity index (χ0) is 9.42. The second-order valence-corrected chi connectivity index (χ2v) is 5.00. The van der Waals surface area contributed by atoms with E-state index in [1.165, 1.54) is 25.9 Å². The maximum absolute atomic E-state index is 3.58. The molecule has 1 aliphatic carbocycles. The average molecular weight is 182 g/mol. The molecule has 0 spiro atoms. The molecule has 0 amide bonds. The SMILES string of the molecule is CC1CN(C(C)C2CC2)CC(C)N1. The van der Waals surface area contributed by atoms with Crippen molar-refractivity contribution in [3.05, 3.63) is 0 Å². The van der Waals surface area contributed by atoms with Crippen LogP contribution in [0.5, 0.6) is 0 Å². The summed E-state index contributed by atoms with van der Waals surface area (Å²) < 4.78 is 0. The van der Waals surface area contributed by atoms with Crippen molar-refractivity contribution in [1.29, 1.82) is 0 Å². The van der Waals surface area contributed by atoms with Crippen molar-refractivity contribution in [2.75, 3.05) is 13.1 Å². The summed E-state index contributed by atoms with van der Waals surface area (Å²) in [5, 5.41) is 3.58. The molecule has 3 unspecified atom stereocenters. The van der Waals surface area contributed by atoms with E-state index in [0.29, 0.717) is 12.1 Å². The molecule has 0 aromatic rings. The van der Waals surface area contributed by atoms with Crippen molar-refractivity contribution < 1.29 is 0 Å². The van der Waals surface area contributed by atoms with Gasteiger partial charge in [0, 0.05) is 31.2 Å². The summed E-state index contributed by atoms with van der Waals surface area (Å²) in [6.07, 6.45) is 2.93. The van der Waals surface area contributed by atoms with Crippen LogP contribution in [-0.2, 0) is 0 Å². The van der Waals surface area contributed by atoms with Gasteiger partial charge in [-0.3, -0.25) is 4.90 Å². The highest BCUT2D eigenvalue weighted by Crippen LogP contribution is 2.35. The Hall–Kier alpha value is -0.0800. The minimum absolute atomic E-state index is 0.671. The zero-order valence-corrected chi connectivity index (χ0v) is 9.09. The Kier molecular flexibility index (Phi) is 2.61. The third-order valence-electron chi connectivity index (χ3n) is 3.47. The minimum Gasteiger partial charge on any atom is -0.309 e. The summed E-state index contributed by atoms with van der Waals surface area (Å²) in [5.74, 6) is 1.01. The summed E-state index contributed by atoms with van der Waals surface area (Å²) in [4.78, 5) is 2.67. The fourth-order valence-electron chi connectivity index (χ4n) is 2.58. The summed E-state index contributed by atoms with van der Waals surface area (Å²) in [7, 11) is 0. The quantitative estimate of drug-likeness (QED) is 0.695. The number of nitrogens with one attached hydrogen (secondary N) is 1. The first-order valence-electron chi connectivity index (χ1n) is 5.67. The van der Waals surface area contributed by atoms with Crippen LogP contribution in [0.2, 0.25) is 0 Å². The minimum atomic E-state index is 0.671. The van der Waals surface area contributed by atoms with E-state index >= 15 is 0 Å². The smallest absolute Gasteiger partial charge is 0.0169 e. The van der Waals surface area contributed by atoms with E-state index < -0.39 is 0 Å². The van der Waals surface area contributed by atoms with Crippen LogP contribution in [0.1, 0.15) is 33.6 Å². The zero-order valence-electron chi connectivity index (χ0n) is 9.09. The second-order valence-electron chi connectivity index (χ2n) is 5.00. The van der Waals surface area contributed by atoms with E-state index in [4.69, 9.17) is 0 Å². The largest absolute Gasteiger partial charge is 0.309 e. The summed E-state index contributed by atoms with van der Waals surface area (Å²) >= 11 is 0. The van der Waals surface area contributed by atoms with Gasteiger partial charge >= 0.3 is 0 Å². The molecule has 1 saturated heterocycles. The van der Waals surface area contributed by atoms with E-state index in [1.54, 1.807) is 0 Å². The van der Waals surface area contributed by atoms with Gasteiger partial charge in [0.1, 0.15) is 0 Å². The van der Waals surface area contributed by atoms with Crippen molar-refractivity contribution in [3.63, 3.8) is 0 Å². The molecule has 0 aromatic heterocycles. The number of hydrogen-bond donors (Lipinski definition) is 1. The molecule has 2 nitrogen and oxygen atoms in total. The summed E-state index contributed by atoms with van der Waals surface area (Å²) in [6, 6.07) is 2.17. The molecule has 0 radical (unpaired) electrons. The number of piperazine rings is 1. The predicted molar refractivity (Wildman–Crippen MR) is 55.8 cm³/mol. The lowest BCUT2D eigenvalue weighted by Crippen LogP contribution is -2.56. The average Bonchev–Trinajstić information content (AvgIpc) is 2.83. The highest BCUT2D eigenvalue weighted by Gasteiger charge is 2.34. The molecule has 2 fully saturated rings. The third-order valence-corrected chi connectivity index (χ3v) is 3.47. The van der Waals surface area contributed by atoms with Crippen LogP contribution in [0.4, 0.5) is 0 Å². The van der Waals surface area contributed by atoms with Gasteiger partial charge < -0.3 is 5.32 Å². The number of rotatable bonds is 2. The standard InChI is InChI=1S/C11H22N2/c1-8-6-13(7-9(2)12-8)10(3)11-4-5-11/h8-12H,4-7H2,1-3H3. The first kappa shape index (κ1) is 9.47. The third kappa shape index (κ3) is 2.23. The van der Waals surface area contributed by atoms with Gasteiger partial charge in [-0.15, -0.1) is 0 Å². The number of hydrogen-bond acceptors (Lipinski definition) is 2. The predicted octanol–water partition coefficient (Wildman–Crippen LogP) is 1.47. The van der Waals surface area contributed by atoms with E-state index in [1.807, 2.05) is 0 Å². The van der Waals surface area contributed by atoms with Crippen LogP contribution in [-0.4, -0.2) is 36.1 Å². The molecular formula is C11H22N2. The Balaban J connectivity index is 1.89. The molecule has 1 saturated carbocycles. The van der Waals surface area contributed by atoms with Crippen LogP contribution < -0.4 is 5.32 Å². The molecule has 1 heterocycles. The van der Waals surface area contributed by atoms with Crippen molar-refractivity contribution in [2.45, 2.75) is 51.7 Å². The van der Waals surface area contributed by atoms with Crippen molar-refractivity contribution >= 4 is 0 Å². The van der Waals surface area contributed by atoms with E-state index in [9.17, 15) is 0 Å². The second kappa shape index (κ2) is 3.58. The fourth-order valence-corrected chi connectivity index (χ4v) is 2.58. The first-order chi connectivity index (χ1) is 6.16. The lowest BCUT2D eigenvalue weighted by Gasteiger charge is -2.39. The topological polar surface area (TPSA) is 15.3 Å². The molecule has 1 N–H and O–H groups in total. The van der Waals surface area contributed by atoms with Gasteiger partial charge in [-0.05, 0) is 39.5 Å². The Morgan fingerprint density at radius 1 is 1.15 bits per heavy atom. The van der Waals surface area contributed by atoms with Gasteiger partial charge in [0.05, 0.1) is 0 Å². The van der Waals surface area contributed by atoms with Crippen molar-refractivity contribution in [3.8, 4) is 0 Å². The maximum atomic E-state index is 3.58. The maximum Gasteiger partial charge on any atom is 0.0169 e. The van der Waals surface area contributed by atoms with Gasteiger partial charge in [-0.2, -0.15) is 0 Å². The van der Waals surface area contributed by atoms with Crippen LogP contribution in [0, 0.1) is 5.92 Å². The molecule has 2 heteroatoms. The highest BCUT2D eigenvalue weighted by molar-refractivity contribution is 4.90. The lowest BCUT2D eigenvalue weighted by atomic mass is 10.1. The fraction of sp³-hybridized carbons (Fsp3) is 1.00. The van der Waals surface area contributed by atoms with Gasteiger partial charge in [0.15, 0.2) is 0 Å². The Labute approximate surface area is 81.7 Å². The number of nitrogens with zero attached hydrogens (tertiary/aromatic N) is 1. The van der Waals surface area contributed by atoms with Crippen LogP contribution in [0.3, 0.4) is 0 Å². The molecule has 76 valence electrons. The molecule has 2 rings (SSSR count). The van der Waals surface area contributed by atoms with Gasteiger partial charge in [0.2, 0.25) is 0 Å². The van der Waals surface area contributed by atoms with Gasteiger partial charge in [0.25, 0.3) is 0 Å². The Bertz CT molecular complexity index is 167. The summed E-state index contributed by atoms with van der Waals surface area (Å²) in [5.41, 5.74) is 0. The van der Waals surface area contributed by atoms with Crippen molar-refractivity contribution in [1.82, 2.24) is 10.2 Å². The monoisotopic (exact) mass is 182 g/mol. The van der Waals surface area contributed by atoms with Crippen molar-refractivity contribution in [2.24, 2.45) is 5.92 Å². The Morgan fingerprint density at radius 3 is 2.15 bits per heavy atom. The normalized spacial score (nSPS) is 39.0. The van der Waals surface area contributed by atoms with E-state index in [-0.39, 0.29) is 0 Å².